The summed E-state index contributed by atoms with van der Waals surface area (Å²) in [4.78, 5) is 0. The summed E-state index contributed by atoms with van der Waals surface area (Å²) in [5.41, 5.74) is 4.48. The zero-order valence-corrected chi connectivity index (χ0v) is 12.2. The van der Waals surface area contributed by atoms with Gasteiger partial charge in [-0.05, 0) is 47.1 Å². The van der Waals surface area contributed by atoms with Crippen LogP contribution >= 0.6 is 11.3 Å². The van der Waals surface area contributed by atoms with Crippen LogP contribution in [0.4, 0.5) is 0 Å². The van der Waals surface area contributed by atoms with Gasteiger partial charge in [0.15, 0.2) is 0 Å². The maximum Gasteiger partial charge on any atom is 0.0502 e. The van der Waals surface area contributed by atoms with Gasteiger partial charge in [-0.25, -0.2) is 0 Å². The average molecular weight is 274 g/mol. The van der Waals surface area contributed by atoms with Gasteiger partial charge in [-0.3, -0.25) is 11.3 Å². The van der Waals surface area contributed by atoms with Gasteiger partial charge in [-0.2, -0.15) is 0 Å². The van der Waals surface area contributed by atoms with Crippen LogP contribution in [0.3, 0.4) is 0 Å². The van der Waals surface area contributed by atoms with Crippen LogP contribution in [0.2, 0.25) is 0 Å². The summed E-state index contributed by atoms with van der Waals surface area (Å²) < 4.78 is 1.39. The third-order valence-electron chi connectivity index (χ3n) is 4.47. The number of benzene rings is 1. The number of fused-ring (bicyclic) bond motifs is 1. The van der Waals surface area contributed by atoms with E-state index in [1.165, 1.54) is 41.3 Å². The standard InChI is InChI=1S/C16H22N2S/c1-11-4-2-6-13(10-11)15(18-17)14-7-3-5-12-8-9-19-16(12)14/h3,5,7-9,11,13,15,18H,2,4,6,10,17H2,1H3. The highest BCUT2D eigenvalue weighted by Gasteiger charge is 2.28. The summed E-state index contributed by atoms with van der Waals surface area (Å²) >= 11 is 1.83. The lowest BCUT2D eigenvalue weighted by Crippen LogP contribution is -2.35. The fraction of sp³-hybridized carbons (Fsp3) is 0.500. The molecule has 1 heterocycles. The number of hydrogen-bond donors (Lipinski definition) is 2. The van der Waals surface area contributed by atoms with Gasteiger partial charge in [-0.15, -0.1) is 11.3 Å². The Balaban J connectivity index is 1.95. The molecule has 1 fully saturated rings. The second kappa shape index (κ2) is 5.61. The lowest BCUT2D eigenvalue weighted by atomic mass is 9.77. The molecule has 1 aromatic heterocycles. The quantitative estimate of drug-likeness (QED) is 0.649. The van der Waals surface area contributed by atoms with Crippen molar-refractivity contribution in [2.24, 2.45) is 17.7 Å². The second-order valence-electron chi connectivity index (χ2n) is 5.86. The van der Waals surface area contributed by atoms with Gasteiger partial charge in [0.25, 0.3) is 0 Å². The predicted molar refractivity (Wildman–Crippen MR) is 83.0 cm³/mol. The average Bonchev–Trinajstić information content (AvgIpc) is 2.89. The molecule has 0 bridgehead atoms. The number of hydrogen-bond acceptors (Lipinski definition) is 3. The molecule has 1 aromatic carbocycles. The second-order valence-corrected chi connectivity index (χ2v) is 6.78. The number of thiophene rings is 1. The van der Waals surface area contributed by atoms with E-state index in [1.54, 1.807) is 0 Å². The Bertz CT molecular complexity index is 548. The van der Waals surface area contributed by atoms with Crippen LogP contribution in [-0.2, 0) is 0 Å². The zero-order chi connectivity index (χ0) is 13.2. The molecule has 0 radical (unpaired) electrons. The smallest absolute Gasteiger partial charge is 0.0502 e. The molecule has 0 amide bonds. The third kappa shape index (κ3) is 2.55. The Morgan fingerprint density at radius 2 is 2.21 bits per heavy atom. The van der Waals surface area contributed by atoms with Gasteiger partial charge >= 0.3 is 0 Å². The van der Waals surface area contributed by atoms with Crippen molar-refractivity contribution in [3.63, 3.8) is 0 Å². The summed E-state index contributed by atoms with van der Waals surface area (Å²) in [7, 11) is 0. The Morgan fingerprint density at radius 3 is 3.00 bits per heavy atom. The van der Waals surface area contributed by atoms with Crippen LogP contribution in [0.1, 0.15) is 44.2 Å². The minimum Gasteiger partial charge on any atom is -0.271 e. The molecule has 1 aliphatic rings. The minimum atomic E-state index is 0.296. The van der Waals surface area contributed by atoms with E-state index >= 15 is 0 Å². The first-order chi connectivity index (χ1) is 9.29. The van der Waals surface area contributed by atoms with Gasteiger partial charge in [-0.1, -0.05) is 38.0 Å². The van der Waals surface area contributed by atoms with Gasteiger partial charge in [0.1, 0.15) is 0 Å². The number of nitrogens with one attached hydrogen (secondary N) is 1. The molecule has 0 saturated heterocycles. The minimum absolute atomic E-state index is 0.296. The first kappa shape index (κ1) is 13.1. The van der Waals surface area contributed by atoms with Crippen molar-refractivity contribution in [2.45, 2.75) is 38.6 Å². The summed E-state index contributed by atoms with van der Waals surface area (Å²) in [6.45, 7) is 2.37. The van der Waals surface area contributed by atoms with E-state index in [-0.39, 0.29) is 0 Å². The summed E-state index contributed by atoms with van der Waals surface area (Å²) in [5, 5.41) is 3.51. The molecule has 19 heavy (non-hydrogen) atoms. The topological polar surface area (TPSA) is 38.0 Å². The van der Waals surface area contributed by atoms with Crippen molar-refractivity contribution in [3.8, 4) is 0 Å². The van der Waals surface area contributed by atoms with E-state index in [2.05, 4.69) is 42.0 Å². The van der Waals surface area contributed by atoms with E-state index in [0.29, 0.717) is 12.0 Å². The normalized spacial score (nSPS) is 25.6. The van der Waals surface area contributed by atoms with Crippen LogP contribution in [-0.4, -0.2) is 0 Å². The van der Waals surface area contributed by atoms with Crippen LogP contribution in [0.15, 0.2) is 29.6 Å². The molecule has 1 aliphatic carbocycles. The van der Waals surface area contributed by atoms with Crippen molar-refractivity contribution in [2.75, 3.05) is 0 Å². The van der Waals surface area contributed by atoms with Crippen LogP contribution in [0.5, 0.6) is 0 Å². The highest BCUT2D eigenvalue weighted by Crippen LogP contribution is 2.39. The largest absolute Gasteiger partial charge is 0.271 e. The molecule has 3 atom stereocenters. The SMILES string of the molecule is CC1CCCC(C(NN)c2cccc3ccsc23)C1. The van der Waals surface area contributed by atoms with E-state index in [9.17, 15) is 0 Å². The van der Waals surface area contributed by atoms with E-state index in [4.69, 9.17) is 5.84 Å². The maximum absolute atomic E-state index is 5.90. The molecule has 2 nitrogen and oxygen atoms in total. The molecule has 0 aliphatic heterocycles. The first-order valence-corrected chi connectivity index (χ1v) is 8.10. The molecular weight excluding hydrogens is 252 g/mol. The fourth-order valence-electron chi connectivity index (χ4n) is 3.52. The number of rotatable bonds is 3. The van der Waals surface area contributed by atoms with Crippen LogP contribution in [0.25, 0.3) is 10.1 Å². The number of nitrogens with two attached hydrogens (primary N) is 1. The van der Waals surface area contributed by atoms with Crippen LogP contribution in [0, 0.1) is 11.8 Å². The number of hydrazine groups is 1. The fourth-order valence-corrected chi connectivity index (χ4v) is 4.48. The third-order valence-corrected chi connectivity index (χ3v) is 5.45. The Hall–Kier alpha value is -0.900. The highest BCUT2D eigenvalue weighted by molar-refractivity contribution is 7.17. The molecule has 3 heteroatoms. The summed E-state index contributed by atoms with van der Waals surface area (Å²) in [5.74, 6) is 7.39. The molecular formula is C16H22N2S. The maximum atomic E-state index is 5.90. The van der Waals surface area contributed by atoms with Gasteiger partial charge < -0.3 is 0 Å². The monoisotopic (exact) mass is 274 g/mol. The van der Waals surface area contributed by atoms with Crippen molar-refractivity contribution < 1.29 is 0 Å². The molecule has 1 saturated carbocycles. The summed E-state index contributed by atoms with van der Waals surface area (Å²) in [6.07, 6.45) is 5.29. The van der Waals surface area contributed by atoms with Gasteiger partial charge in [0.05, 0.1) is 6.04 Å². The van der Waals surface area contributed by atoms with Gasteiger partial charge in [0.2, 0.25) is 0 Å². The Labute approximate surface area is 119 Å². The highest BCUT2D eigenvalue weighted by atomic mass is 32.1. The Kier molecular flexibility index (Phi) is 3.87. The molecule has 2 aromatic rings. The molecule has 3 rings (SSSR count). The van der Waals surface area contributed by atoms with Crippen molar-refractivity contribution in [1.29, 1.82) is 0 Å². The first-order valence-electron chi connectivity index (χ1n) is 7.22. The Morgan fingerprint density at radius 1 is 1.32 bits per heavy atom. The summed E-state index contributed by atoms with van der Waals surface area (Å²) in [6, 6.07) is 9.07. The van der Waals surface area contributed by atoms with Crippen molar-refractivity contribution in [1.82, 2.24) is 5.43 Å². The molecule has 3 N–H and O–H groups in total. The zero-order valence-electron chi connectivity index (χ0n) is 11.4. The van der Waals surface area contributed by atoms with Crippen LogP contribution < -0.4 is 11.3 Å². The molecule has 102 valence electrons. The van der Waals surface area contributed by atoms with E-state index in [0.717, 1.165) is 5.92 Å². The van der Waals surface area contributed by atoms with Gasteiger partial charge in [0, 0.05) is 4.70 Å². The predicted octanol–water partition coefficient (Wildman–Crippen LogP) is 4.23. The van der Waals surface area contributed by atoms with E-state index in [1.807, 2.05) is 11.3 Å². The van der Waals surface area contributed by atoms with E-state index < -0.39 is 0 Å². The molecule has 0 spiro atoms. The van der Waals surface area contributed by atoms with Crippen molar-refractivity contribution >= 4 is 21.4 Å². The van der Waals surface area contributed by atoms with Crippen molar-refractivity contribution in [3.05, 3.63) is 35.2 Å². The lowest BCUT2D eigenvalue weighted by molar-refractivity contribution is 0.225. The lowest BCUT2D eigenvalue weighted by Gasteiger charge is -2.33. The molecule has 3 unspecified atom stereocenters.